The van der Waals surface area contributed by atoms with Crippen molar-refractivity contribution in [3.05, 3.63) is 21.9 Å². The van der Waals surface area contributed by atoms with Crippen LogP contribution in [-0.4, -0.2) is 34.6 Å². The molecule has 0 radical (unpaired) electrons. The number of nitrogens with zero attached hydrogens (tertiary/aromatic N) is 1. The van der Waals surface area contributed by atoms with Crippen molar-refractivity contribution in [1.82, 2.24) is 10.2 Å². The van der Waals surface area contributed by atoms with E-state index in [-0.39, 0.29) is 12.1 Å². The third-order valence-corrected chi connectivity index (χ3v) is 5.26. The second kappa shape index (κ2) is 5.44. The molecule has 0 saturated heterocycles. The maximum absolute atomic E-state index is 12.3. The lowest BCUT2D eigenvalue weighted by atomic mass is 10.0. The maximum Gasteiger partial charge on any atom is 0.317 e. The zero-order chi connectivity index (χ0) is 14.1. The van der Waals surface area contributed by atoms with Gasteiger partial charge in [0.1, 0.15) is 0 Å². The highest BCUT2D eigenvalue weighted by Crippen LogP contribution is 2.27. The molecular formula is C14H18N2O3S. The maximum atomic E-state index is 12.3. The first-order valence-corrected chi connectivity index (χ1v) is 7.86. The van der Waals surface area contributed by atoms with Gasteiger partial charge in [0.05, 0.1) is 5.92 Å². The summed E-state index contributed by atoms with van der Waals surface area (Å²) in [5.74, 6) is -1.23. The average molecular weight is 294 g/mol. The molecule has 3 rings (SSSR count). The van der Waals surface area contributed by atoms with Crippen LogP contribution in [-0.2, 0) is 17.8 Å². The van der Waals surface area contributed by atoms with Gasteiger partial charge in [-0.3, -0.25) is 4.79 Å². The molecule has 2 heterocycles. The molecule has 5 nitrogen and oxygen atoms in total. The van der Waals surface area contributed by atoms with Gasteiger partial charge in [0, 0.05) is 24.0 Å². The number of carbonyl (C=O) groups is 2. The third-order valence-electron chi connectivity index (χ3n) is 4.24. The molecule has 20 heavy (non-hydrogen) atoms. The highest BCUT2D eigenvalue weighted by Gasteiger charge is 2.35. The monoisotopic (exact) mass is 294 g/mol. The molecule has 1 saturated carbocycles. The van der Waals surface area contributed by atoms with Gasteiger partial charge in [-0.1, -0.05) is 6.42 Å². The van der Waals surface area contributed by atoms with Gasteiger partial charge in [0.2, 0.25) is 0 Å². The Labute approximate surface area is 121 Å². The molecule has 1 aliphatic heterocycles. The van der Waals surface area contributed by atoms with Crippen LogP contribution in [0.2, 0.25) is 0 Å². The van der Waals surface area contributed by atoms with Crippen LogP contribution in [0.25, 0.3) is 0 Å². The minimum absolute atomic E-state index is 0.125. The zero-order valence-electron chi connectivity index (χ0n) is 11.2. The molecule has 1 aromatic rings. The van der Waals surface area contributed by atoms with Crippen molar-refractivity contribution in [3.8, 4) is 0 Å². The Balaban J connectivity index is 1.61. The van der Waals surface area contributed by atoms with Gasteiger partial charge in [-0.25, -0.2) is 4.79 Å². The number of urea groups is 1. The lowest BCUT2D eigenvalue weighted by Gasteiger charge is -2.29. The van der Waals surface area contributed by atoms with E-state index in [1.165, 1.54) is 10.4 Å². The second-order valence-electron chi connectivity index (χ2n) is 5.47. The quantitative estimate of drug-likeness (QED) is 0.877. The molecule has 2 aliphatic rings. The Morgan fingerprint density at radius 2 is 2.25 bits per heavy atom. The van der Waals surface area contributed by atoms with E-state index >= 15 is 0 Å². The molecule has 1 aromatic heterocycles. The summed E-state index contributed by atoms with van der Waals surface area (Å²) in [6, 6.07) is 1.72. The number of hydrogen-bond acceptors (Lipinski definition) is 3. The van der Waals surface area contributed by atoms with Crippen LogP contribution < -0.4 is 5.32 Å². The molecule has 1 fully saturated rings. The van der Waals surface area contributed by atoms with Crippen molar-refractivity contribution in [2.75, 3.05) is 6.54 Å². The summed E-state index contributed by atoms with van der Waals surface area (Å²) >= 11 is 1.74. The van der Waals surface area contributed by atoms with Gasteiger partial charge in [-0.2, -0.15) is 0 Å². The lowest BCUT2D eigenvalue weighted by molar-refractivity contribution is -0.142. The summed E-state index contributed by atoms with van der Waals surface area (Å²) in [5.41, 5.74) is 1.22. The lowest BCUT2D eigenvalue weighted by Crippen LogP contribution is -2.48. The van der Waals surface area contributed by atoms with E-state index in [9.17, 15) is 9.59 Å². The topological polar surface area (TPSA) is 69.6 Å². The largest absolute Gasteiger partial charge is 0.481 e. The zero-order valence-corrected chi connectivity index (χ0v) is 12.0. The smallest absolute Gasteiger partial charge is 0.317 e. The number of carbonyl (C=O) groups excluding carboxylic acids is 1. The second-order valence-corrected chi connectivity index (χ2v) is 6.47. The highest BCUT2D eigenvalue weighted by molar-refractivity contribution is 7.10. The fraction of sp³-hybridized carbons (Fsp3) is 0.571. The Kier molecular flexibility index (Phi) is 3.65. The van der Waals surface area contributed by atoms with Crippen molar-refractivity contribution in [2.45, 2.75) is 38.3 Å². The Bertz CT molecular complexity index is 528. The molecule has 2 atom stereocenters. The van der Waals surface area contributed by atoms with E-state index in [0.29, 0.717) is 19.5 Å². The van der Waals surface area contributed by atoms with Gasteiger partial charge >= 0.3 is 12.0 Å². The van der Waals surface area contributed by atoms with Gasteiger partial charge < -0.3 is 15.3 Å². The van der Waals surface area contributed by atoms with Crippen LogP contribution >= 0.6 is 11.3 Å². The van der Waals surface area contributed by atoms with Gasteiger partial charge in [-0.15, -0.1) is 11.3 Å². The predicted octanol–water partition coefficient (Wildman–Crippen LogP) is 2.07. The van der Waals surface area contributed by atoms with E-state index in [1.54, 1.807) is 16.2 Å². The molecule has 0 aromatic carbocycles. The summed E-state index contributed by atoms with van der Waals surface area (Å²) in [6.45, 7) is 1.35. The Morgan fingerprint density at radius 1 is 1.40 bits per heavy atom. The first-order chi connectivity index (χ1) is 9.65. The number of nitrogens with one attached hydrogen (secondary N) is 1. The average Bonchev–Trinajstić information content (AvgIpc) is 3.05. The standard InChI is InChI=1S/C14H18N2O3S/c17-13(18)10-2-1-3-11(10)15-14(19)16-6-4-12-9(8-16)5-7-20-12/h5,7,10-11H,1-4,6,8H2,(H,15,19)(H,17,18). The number of amides is 2. The van der Waals surface area contributed by atoms with Crippen molar-refractivity contribution >= 4 is 23.3 Å². The van der Waals surface area contributed by atoms with E-state index in [0.717, 1.165) is 19.3 Å². The number of aliphatic carboxylic acids is 1. The van der Waals surface area contributed by atoms with Crippen LogP contribution in [0.4, 0.5) is 4.79 Å². The van der Waals surface area contributed by atoms with Gasteiger partial charge in [0.15, 0.2) is 0 Å². The van der Waals surface area contributed by atoms with Crippen molar-refractivity contribution in [2.24, 2.45) is 5.92 Å². The summed E-state index contributed by atoms with van der Waals surface area (Å²) in [6.07, 6.45) is 3.19. The number of hydrogen-bond donors (Lipinski definition) is 2. The van der Waals surface area contributed by atoms with Crippen LogP contribution in [0.3, 0.4) is 0 Å². The molecular weight excluding hydrogens is 276 g/mol. The van der Waals surface area contributed by atoms with Crippen LogP contribution in [0, 0.1) is 5.92 Å². The number of rotatable bonds is 2. The van der Waals surface area contributed by atoms with Crippen molar-refractivity contribution in [3.63, 3.8) is 0 Å². The molecule has 2 amide bonds. The molecule has 108 valence electrons. The minimum atomic E-state index is -0.799. The molecule has 2 unspecified atom stereocenters. The molecule has 2 N–H and O–H groups in total. The number of carboxylic acids is 1. The van der Waals surface area contributed by atoms with E-state index in [1.807, 2.05) is 0 Å². The third kappa shape index (κ3) is 2.52. The highest BCUT2D eigenvalue weighted by atomic mass is 32.1. The fourth-order valence-corrected chi connectivity index (χ4v) is 3.99. The summed E-state index contributed by atoms with van der Waals surface area (Å²) in [5, 5.41) is 14.1. The van der Waals surface area contributed by atoms with Crippen LogP contribution in [0.15, 0.2) is 11.4 Å². The van der Waals surface area contributed by atoms with Gasteiger partial charge in [0.25, 0.3) is 0 Å². The fourth-order valence-electron chi connectivity index (χ4n) is 3.10. The van der Waals surface area contributed by atoms with Gasteiger partial charge in [-0.05, 0) is 36.3 Å². The Morgan fingerprint density at radius 3 is 3.05 bits per heavy atom. The summed E-state index contributed by atoms with van der Waals surface area (Å²) in [7, 11) is 0. The first kappa shape index (κ1) is 13.4. The number of carboxylic acid groups (broad SMARTS) is 1. The van der Waals surface area contributed by atoms with E-state index < -0.39 is 11.9 Å². The normalized spacial score (nSPS) is 25.3. The Hall–Kier alpha value is -1.56. The SMILES string of the molecule is O=C(O)C1CCCC1NC(=O)N1CCc2sccc2C1. The predicted molar refractivity (Wildman–Crippen MR) is 75.7 cm³/mol. The molecule has 0 spiro atoms. The number of thiophene rings is 1. The minimum Gasteiger partial charge on any atom is -0.481 e. The van der Waals surface area contributed by atoms with Crippen molar-refractivity contribution in [1.29, 1.82) is 0 Å². The van der Waals surface area contributed by atoms with Crippen LogP contribution in [0.5, 0.6) is 0 Å². The first-order valence-electron chi connectivity index (χ1n) is 6.98. The molecule has 1 aliphatic carbocycles. The van der Waals surface area contributed by atoms with E-state index in [2.05, 4.69) is 16.8 Å². The summed E-state index contributed by atoms with van der Waals surface area (Å²) < 4.78 is 0. The number of fused-ring (bicyclic) bond motifs is 1. The molecule has 6 heteroatoms. The summed E-state index contributed by atoms with van der Waals surface area (Å²) in [4.78, 5) is 26.6. The molecule has 0 bridgehead atoms. The van der Waals surface area contributed by atoms with E-state index in [4.69, 9.17) is 5.11 Å². The van der Waals surface area contributed by atoms with Crippen LogP contribution in [0.1, 0.15) is 29.7 Å². The van der Waals surface area contributed by atoms with Crippen molar-refractivity contribution < 1.29 is 14.7 Å².